The minimum absolute atomic E-state index is 0.907. The Bertz CT molecular complexity index is 670. The Hall–Kier alpha value is -2.50. The topological polar surface area (TPSA) is 48.7 Å². The van der Waals surface area contributed by atoms with Crippen LogP contribution in [-0.4, -0.2) is 60.4 Å². The average Bonchev–Trinajstić information content (AvgIpc) is 3.08. The van der Waals surface area contributed by atoms with Crippen molar-refractivity contribution >= 4 is 11.6 Å². The van der Waals surface area contributed by atoms with Crippen LogP contribution < -0.4 is 10.2 Å². The van der Waals surface area contributed by atoms with E-state index in [0.717, 1.165) is 51.6 Å². The number of rotatable bonds is 5. The highest BCUT2D eigenvalue weighted by Crippen LogP contribution is 2.15. The number of hydrogen-bond donors (Lipinski definition) is 1. The average molecular weight is 340 g/mol. The molecule has 0 radical (unpaired) electrons. The maximum absolute atomic E-state index is 4.45. The standard InChI is InChI=1S/C19H28N6/c1-17-15-22-25(16-17)10-6-9-21-19(20-2)24-13-11-23(12-14-24)18-7-4-3-5-8-18/h3-5,7-8,15-16H,6,9-14H2,1-2H3,(H,20,21). The number of hydrogen-bond acceptors (Lipinski definition) is 3. The molecule has 134 valence electrons. The first kappa shape index (κ1) is 17.3. The van der Waals surface area contributed by atoms with Gasteiger partial charge in [-0.15, -0.1) is 0 Å². The fourth-order valence-corrected chi connectivity index (χ4v) is 3.18. The van der Waals surface area contributed by atoms with Crippen LogP contribution >= 0.6 is 0 Å². The van der Waals surface area contributed by atoms with Gasteiger partial charge in [-0.2, -0.15) is 5.10 Å². The molecule has 1 saturated heterocycles. The summed E-state index contributed by atoms with van der Waals surface area (Å²) in [5.74, 6) is 1.00. The molecule has 25 heavy (non-hydrogen) atoms. The predicted octanol–water partition coefficient (Wildman–Crippen LogP) is 1.98. The maximum Gasteiger partial charge on any atom is 0.193 e. The third-order valence-electron chi connectivity index (χ3n) is 4.52. The number of anilines is 1. The lowest BCUT2D eigenvalue weighted by molar-refractivity contribution is 0.371. The van der Waals surface area contributed by atoms with Crippen LogP contribution in [0.4, 0.5) is 5.69 Å². The summed E-state index contributed by atoms with van der Waals surface area (Å²) in [5.41, 5.74) is 2.51. The normalized spacial score (nSPS) is 15.5. The molecule has 1 N–H and O–H groups in total. The Labute approximate surface area is 150 Å². The van der Waals surface area contributed by atoms with E-state index in [0.29, 0.717) is 0 Å². The lowest BCUT2D eigenvalue weighted by atomic mass is 10.2. The minimum Gasteiger partial charge on any atom is -0.368 e. The van der Waals surface area contributed by atoms with Gasteiger partial charge in [0, 0.05) is 58.2 Å². The highest BCUT2D eigenvalue weighted by Gasteiger charge is 2.19. The molecule has 1 aromatic carbocycles. The second-order valence-electron chi connectivity index (χ2n) is 6.42. The number of aromatic nitrogens is 2. The molecule has 1 aliphatic heterocycles. The third kappa shape index (κ3) is 4.75. The molecular weight excluding hydrogens is 312 g/mol. The molecule has 1 fully saturated rings. The second kappa shape index (κ2) is 8.55. The molecule has 2 aromatic rings. The van der Waals surface area contributed by atoms with Crippen LogP contribution in [0.15, 0.2) is 47.7 Å². The number of piperazine rings is 1. The van der Waals surface area contributed by atoms with Crippen molar-refractivity contribution in [3.8, 4) is 0 Å². The molecule has 0 aliphatic carbocycles. The Kier molecular flexibility index (Phi) is 5.93. The minimum atomic E-state index is 0.907. The van der Waals surface area contributed by atoms with E-state index in [1.54, 1.807) is 0 Å². The fraction of sp³-hybridized carbons (Fsp3) is 0.474. The zero-order valence-electron chi connectivity index (χ0n) is 15.2. The van der Waals surface area contributed by atoms with Gasteiger partial charge in [0.2, 0.25) is 0 Å². The first-order valence-corrected chi connectivity index (χ1v) is 9.01. The molecule has 0 amide bonds. The van der Waals surface area contributed by atoms with E-state index < -0.39 is 0 Å². The molecular formula is C19H28N6. The quantitative estimate of drug-likeness (QED) is 0.514. The SMILES string of the molecule is CN=C(NCCCn1cc(C)cn1)N1CCN(c2ccccc2)CC1. The molecule has 3 rings (SSSR count). The number of nitrogens with zero attached hydrogens (tertiary/aromatic N) is 5. The number of aliphatic imine (C=N–C) groups is 1. The summed E-state index contributed by atoms with van der Waals surface area (Å²) < 4.78 is 2.00. The molecule has 0 saturated carbocycles. The summed E-state index contributed by atoms with van der Waals surface area (Å²) in [6.45, 7) is 7.94. The van der Waals surface area contributed by atoms with Crippen molar-refractivity contribution in [3.63, 3.8) is 0 Å². The van der Waals surface area contributed by atoms with Crippen molar-refractivity contribution in [1.29, 1.82) is 0 Å². The smallest absolute Gasteiger partial charge is 0.193 e. The van der Waals surface area contributed by atoms with Crippen LogP contribution in [0, 0.1) is 6.92 Å². The van der Waals surface area contributed by atoms with Crippen LogP contribution in [0.25, 0.3) is 0 Å². The summed E-state index contributed by atoms with van der Waals surface area (Å²) >= 11 is 0. The lowest BCUT2D eigenvalue weighted by Crippen LogP contribution is -2.52. The molecule has 6 nitrogen and oxygen atoms in total. The van der Waals surface area contributed by atoms with E-state index in [1.807, 2.05) is 17.9 Å². The van der Waals surface area contributed by atoms with Gasteiger partial charge < -0.3 is 15.1 Å². The summed E-state index contributed by atoms with van der Waals surface area (Å²) in [6.07, 6.45) is 5.01. The second-order valence-corrected chi connectivity index (χ2v) is 6.42. The van der Waals surface area contributed by atoms with E-state index in [4.69, 9.17) is 0 Å². The van der Waals surface area contributed by atoms with Crippen molar-refractivity contribution in [2.24, 2.45) is 4.99 Å². The largest absolute Gasteiger partial charge is 0.368 e. The van der Waals surface area contributed by atoms with Crippen LogP contribution in [0.1, 0.15) is 12.0 Å². The molecule has 0 spiro atoms. The van der Waals surface area contributed by atoms with E-state index >= 15 is 0 Å². The Morgan fingerprint density at radius 3 is 2.56 bits per heavy atom. The molecule has 1 aromatic heterocycles. The summed E-state index contributed by atoms with van der Waals surface area (Å²) in [4.78, 5) is 9.23. The van der Waals surface area contributed by atoms with Crippen molar-refractivity contribution < 1.29 is 0 Å². The Balaban J connectivity index is 1.41. The van der Waals surface area contributed by atoms with Crippen molar-refractivity contribution in [2.75, 3.05) is 44.7 Å². The lowest BCUT2D eigenvalue weighted by Gasteiger charge is -2.37. The summed E-state index contributed by atoms with van der Waals surface area (Å²) in [5, 5.41) is 7.81. The van der Waals surface area contributed by atoms with Gasteiger partial charge in [0.25, 0.3) is 0 Å². The number of guanidine groups is 1. The molecule has 0 bridgehead atoms. The molecule has 6 heteroatoms. The first-order chi connectivity index (χ1) is 12.3. The van der Waals surface area contributed by atoms with Crippen molar-refractivity contribution in [1.82, 2.24) is 20.0 Å². The molecule has 1 aliphatic rings. The summed E-state index contributed by atoms with van der Waals surface area (Å²) in [7, 11) is 1.86. The van der Waals surface area contributed by atoms with Gasteiger partial charge in [0.15, 0.2) is 5.96 Å². The Morgan fingerprint density at radius 1 is 1.16 bits per heavy atom. The zero-order chi connectivity index (χ0) is 17.5. The number of nitrogens with one attached hydrogen (secondary N) is 1. The number of para-hydroxylation sites is 1. The van der Waals surface area contributed by atoms with Gasteiger partial charge in [-0.05, 0) is 31.0 Å². The van der Waals surface area contributed by atoms with Crippen LogP contribution in [0.2, 0.25) is 0 Å². The van der Waals surface area contributed by atoms with Crippen molar-refractivity contribution in [2.45, 2.75) is 19.9 Å². The molecule has 0 unspecified atom stereocenters. The van der Waals surface area contributed by atoms with E-state index in [9.17, 15) is 0 Å². The van der Waals surface area contributed by atoms with Crippen LogP contribution in [-0.2, 0) is 6.54 Å². The van der Waals surface area contributed by atoms with Gasteiger partial charge in [-0.1, -0.05) is 18.2 Å². The maximum atomic E-state index is 4.45. The van der Waals surface area contributed by atoms with E-state index in [2.05, 4.69) is 68.7 Å². The highest BCUT2D eigenvalue weighted by molar-refractivity contribution is 5.80. The van der Waals surface area contributed by atoms with Gasteiger partial charge in [0.05, 0.1) is 6.20 Å². The first-order valence-electron chi connectivity index (χ1n) is 9.01. The van der Waals surface area contributed by atoms with Crippen LogP contribution in [0.5, 0.6) is 0 Å². The van der Waals surface area contributed by atoms with Crippen molar-refractivity contribution in [3.05, 3.63) is 48.3 Å². The van der Waals surface area contributed by atoms with Gasteiger partial charge in [-0.3, -0.25) is 9.67 Å². The van der Waals surface area contributed by atoms with Crippen LogP contribution in [0.3, 0.4) is 0 Å². The predicted molar refractivity (Wildman–Crippen MR) is 103 cm³/mol. The summed E-state index contributed by atoms with van der Waals surface area (Å²) in [6, 6.07) is 10.6. The van der Waals surface area contributed by atoms with Gasteiger partial charge >= 0.3 is 0 Å². The van der Waals surface area contributed by atoms with Gasteiger partial charge in [0.1, 0.15) is 0 Å². The molecule has 2 heterocycles. The molecule has 0 atom stereocenters. The monoisotopic (exact) mass is 340 g/mol. The van der Waals surface area contributed by atoms with E-state index in [-0.39, 0.29) is 0 Å². The Morgan fingerprint density at radius 2 is 1.92 bits per heavy atom. The highest BCUT2D eigenvalue weighted by atomic mass is 15.3. The third-order valence-corrected chi connectivity index (χ3v) is 4.52. The van der Waals surface area contributed by atoms with E-state index in [1.165, 1.54) is 11.3 Å². The fourth-order valence-electron chi connectivity index (χ4n) is 3.18. The van der Waals surface area contributed by atoms with Gasteiger partial charge in [-0.25, -0.2) is 0 Å². The zero-order valence-corrected chi connectivity index (χ0v) is 15.2. The number of aryl methyl sites for hydroxylation is 2. The number of benzene rings is 1.